The molecular weight excluding hydrogens is 260 g/mol. The predicted octanol–water partition coefficient (Wildman–Crippen LogP) is 0.807. The summed E-state index contributed by atoms with van der Waals surface area (Å²) in [5.41, 5.74) is 1.05. The Kier molecular flexibility index (Phi) is 4.81. The number of nitrogens with one attached hydrogen (secondary N) is 1. The summed E-state index contributed by atoms with van der Waals surface area (Å²) in [4.78, 5) is 13.5. The molecule has 1 aromatic carbocycles. The van der Waals surface area contributed by atoms with Crippen LogP contribution in [0, 0.1) is 0 Å². The lowest BCUT2D eigenvalue weighted by Crippen LogP contribution is -2.42. The van der Waals surface area contributed by atoms with Gasteiger partial charge in [-0.15, -0.1) is 0 Å². The number of hydrogen-bond donors (Lipinski definition) is 2. The number of rotatable bonds is 5. The molecule has 1 aliphatic heterocycles. The van der Waals surface area contributed by atoms with Crippen molar-refractivity contribution in [1.29, 1.82) is 0 Å². The zero-order valence-electron chi connectivity index (χ0n) is 11.8. The number of nitrogens with zero attached hydrogens (tertiary/aromatic N) is 1. The summed E-state index contributed by atoms with van der Waals surface area (Å²) in [6, 6.07) is 3.15. The minimum Gasteiger partial charge on any atom is -0.493 e. The maximum Gasteiger partial charge on any atom is 0.335 e. The molecule has 0 aliphatic carbocycles. The first kappa shape index (κ1) is 14.6. The normalized spacial score (nSPS) is 15.9. The molecule has 0 atom stereocenters. The van der Waals surface area contributed by atoms with Gasteiger partial charge in [-0.3, -0.25) is 4.90 Å². The van der Waals surface area contributed by atoms with E-state index in [1.807, 2.05) is 0 Å². The molecule has 2 rings (SSSR count). The maximum atomic E-state index is 11.2. The predicted molar refractivity (Wildman–Crippen MR) is 74.7 cm³/mol. The average molecular weight is 280 g/mol. The first-order valence-electron chi connectivity index (χ1n) is 6.57. The second-order valence-corrected chi connectivity index (χ2v) is 4.70. The van der Waals surface area contributed by atoms with Crippen LogP contribution in [-0.4, -0.2) is 56.4 Å². The third kappa shape index (κ3) is 3.20. The summed E-state index contributed by atoms with van der Waals surface area (Å²) in [6.07, 6.45) is 0. The van der Waals surface area contributed by atoms with Gasteiger partial charge in [0.2, 0.25) is 0 Å². The number of carboxylic acid groups (broad SMARTS) is 1. The zero-order chi connectivity index (χ0) is 14.5. The number of ether oxygens (including phenoxy) is 2. The molecule has 110 valence electrons. The van der Waals surface area contributed by atoms with Crippen LogP contribution < -0.4 is 14.8 Å². The van der Waals surface area contributed by atoms with Crippen LogP contribution in [-0.2, 0) is 6.54 Å². The standard InChI is InChI=1S/C14H20N2O4/c1-19-12-8-10(14(17)18)7-11(13(12)20-2)9-16-5-3-15-4-6-16/h7-8,15H,3-6,9H2,1-2H3,(H,17,18). The molecule has 2 N–H and O–H groups in total. The molecule has 1 heterocycles. The van der Waals surface area contributed by atoms with Crippen LogP contribution >= 0.6 is 0 Å². The highest BCUT2D eigenvalue weighted by Crippen LogP contribution is 2.33. The molecule has 1 saturated heterocycles. The van der Waals surface area contributed by atoms with Crippen molar-refractivity contribution in [3.8, 4) is 11.5 Å². The van der Waals surface area contributed by atoms with E-state index in [1.54, 1.807) is 13.2 Å². The molecule has 6 heteroatoms. The molecule has 20 heavy (non-hydrogen) atoms. The molecule has 0 amide bonds. The fraction of sp³-hybridized carbons (Fsp3) is 0.500. The van der Waals surface area contributed by atoms with Gasteiger partial charge in [0.05, 0.1) is 19.8 Å². The number of methoxy groups -OCH3 is 2. The number of aromatic carboxylic acids is 1. The SMILES string of the molecule is COc1cc(C(=O)O)cc(CN2CCNCC2)c1OC. The van der Waals surface area contributed by atoms with Crippen LogP contribution in [0.25, 0.3) is 0 Å². The highest BCUT2D eigenvalue weighted by atomic mass is 16.5. The second-order valence-electron chi connectivity index (χ2n) is 4.70. The van der Waals surface area contributed by atoms with E-state index in [1.165, 1.54) is 13.2 Å². The van der Waals surface area contributed by atoms with Crippen molar-refractivity contribution in [3.05, 3.63) is 23.3 Å². The lowest BCUT2D eigenvalue weighted by atomic mass is 10.1. The average Bonchev–Trinajstić information content (AvgIpc) is 2.47. The summed E-state index contributed by atoms with van der Waals surface area (Å²) in [7, 11) is 3.08. The first-order valence-corrected chi connectivity index (χ1v) is 6.57. The summed E-state index contributed by atoms with van der Waals surface area (Å²) < 4.78 is 10.6. The van der Waals surface area contributed by atoms with Gasteiger partial charge in [-0.1, -0.05) is 0 Å². The monoisotopic (exact) mass is 280 g/mol. The fourth-order valence-electron chi connectivity index (χ4n) is 2.39. The van der Waals surface area contributed by atoms with Crippen molar-refractivity contribution in [1.82, 2.24) is 10.2 Å². The minimum absolute atomic E-state index is 0.216. The molecule has 0 bridgehead atoms. The Morgan fingerprint density at radius 2 is 2.00 bits per heavy atom. The summed E-state index contributed by atoms with van der Waals surface area (Å²) in [5, 5.41) is 12.5. The zero-order valence-corrected chi connectivity index (χ0v) is 11.8. The van der Waals surface area contributed by atoms with Gasteiger partial charge >= 0.3 is 5.97 Å². The van der Waals surface area contributed by atoms with E-state index in [0.29, 0.717) is 18.0 Å². The molecular formula is C14H20N2O4. The second kappa shape index (κ2) is 6.58. The molecule has 1 fully saturated rings. The number of piperazine rings is 1. The Labute approximate surface area is 118 Å². The van der Waals surface area contributed by atoms with Crippen molar-refractivity contribution in [2.24, 2.45) is 0 Å². The quantitative estimate of drug-likeness (QED) is 0.831. The van der Waals surface area contributed by atoms with Crippen molar-refractivity contribution in [3.63, 3.8) is 0 Å². The number of hydrogen-bond acceptors (Lipinski definition) is 5. The van der Waals surface area contributed by atoms with Gasteiger partial charge < -0.3 is 19.9 Å². The van der Waals surface area contributed by atoms with Gasteiger partial charge in [-0.05, 0) is 12.1 Å². The highest BCUT2D eigenvalue weighted by molar-refractivity contribution is 5.89. The van der Waals surface area contributed by atoms with Crippen LogP contribution in [0.1, 0.15) is 15.9 Å². The van der Waals surface area contributed by atoms with E-state index >= 15 is 0 Å². The molecule has 0 saturated carbocycles. The van der Waals surface area contributed by atoms with Crippen molar-refractivity contribution >= 4 is 5.97 Å². The van der Waals surface area contributed by atoms with E-state index in [2.05, 4.69) is 10.2 Å². The van der Waals surface area contributed by atoms with Gasteiger partial charge in [-0.25, -0.2) is 4.79 Å². The van der Waals surface area contributed by atoms with Gasteiger partial charge in [0.15, 0.2) is 11.5 Å². The molecule has 6 nitrogen and oxygen atoms in total. The molecule has 1 aromatic rings. The third-order valence-corrected chi connectivity index (χ3v) is 3.41. The van der Waals surface area contributed by atoms with Crippen molar-refractivity contribution in [2.45, 2.75) is 6.54 Å². The molecule has 0 unspecified atom stereocenters. The van der Waals surface area contributed by atoms with Gasteiger partial charge in [0, 0.05) is 38.3 Å². The summed E-state index contributed by atoms with van der Waals surface area (Å²) >= 11 is 0. The first-order chi connectivity index (χ1) is 9.65. The topological polar surface area (TPSA) is 71.0 Å². The van der Waals surface area contributed by atoms with Crippen LogP contribution in [0.3, 0.4) is 0 Å². The van der Waals surface area contributed by atoms with E-state index in [4.69, 9.17) is 9.47 Å². The van der Waals surface area contributed by atoms with E-state index in [-0.39, 0.29) is 5.56 Å². The van der Waals surface area contributed by atoms with Crippen molar-refractivity contribution < 1.29 is 19.4 Å². The smallest absolute Gasteiger partial charge is 0.335 e. The molecule has 0 aromatic heterocycles. The summed E-state index contributed by atoms with van der Waals surface area (Å²) in [6.45, 7) is 4.41. The summed E-state index contributed by atoms with van der Waals surface area (Å²) in [5.74, 6) is 0.0982. The van der Waals surface area contributed by atoms with Gasteiger partial charge in [-0.2, -0.15) is 0 Å². The number of carbonyl (C=O) groups is 1. The Balaban J connectivity index is 2.32. The van der Waals surface area contributed by atoms with Gasteiger partial charge in [0.25, 0.3) is 0 Å². The largest absolute Gasteiger partial charge is 0.493 e. The maximum absolute atomic E-state index is 11.2. The van der Waals surface area contributed by atoms with Crippen LogP contribution in [0.5, 0.6) is 11.5 Å². The molecule has 0 radical (unpaired) electrons. The minimum atomic E-state index is -0.965. The van der Waals surface area contributed by atoms with Crippen LogP contribution in [0.4, 0.5) is 0 Å². The van der Waals surface area contributed by atoms with Crippen molar-refractivity contribution in [2.75, 3.05) is 40.4 Å². The lowest BCUT2D eigenvalue weighted by Gasteiger charge is -2.28. The Hall–Kier alpha value is -1.79. The third-order valence-electron chi connectivity index (χ3n) is 3.41. The molecule has 0 spiro atoms. The number of carboxylic acids is 1. The lowest BCUT2D eigenvalue weighted by molar-refractivity contribution is 0.0696. The Morgan fingerprint density at radius 1 is 1.30 bits per heavy atom. The highest BCUT2D eigenvalue weighted by Gasteiger charge is 2.18. The van der Waals surface area contributed by atoms with E-state index < -0.39 is 5.97 Å². The number of benzene rings is 1. The Bertz CT molecular complexity index is 484. The van der Waals surface area contributed by atoms with Crippen LogP contribution in [0.2, 0.25) is 0 Å². The van der Waals surface area contributed by atoms with Gasteiger partial charge in [0.1, 0.15) is 0 Å². The fourth-order valence-corrected chi connectivity index (χ4v) is 2.39. The molecule has 1 aliphatic rings. The van der Waals surface area contributed by atoms with E-state index in [9.17, 15) is 9.90 Å². The van der Waals surface area contributed by atoms with Crippen LogP contribution in [0.15, 0.2) is 12.1 Å². The Morgan fingerprint density at radius 3 is 2.55 bits per heavy atom. The van der Waals surface area contributed by atoms with E-state index in [0.717, 1.165) is 31.7 Å².